The van der Waals surface area contributed by atoms with Crippen LogP contribution in [0, 0.1) is 5.82 Å². The lowest BCUT2D eigenvalue weighted by Crippen LogP contribution is -2.14. The Hall–Kier alpha value is -2.66. The second-order valence-corrected chi connectivity index (χ2v) is 6.22. The number of hydrogen-bond donors (Lipinski definition) is 1. The zero-order valence-electron chi connectivity index (χ0n) is 14.5. The molecule has 0 unspecified atom stereocenters. The fourth-order valence-electron chi connectivity index (χ4n) is 2.81. The Bertz CT molecular complexity index is 953. The minimum absolute atomic E-state index is 0.0494. The predicted octanol–water partition coefficient (Wildman–Crippen LogP) is 5.51. The quantitative estimate of drug-likeness (QED) is 0.642. The molecule has 0 aliphatic heterocycles. The van der Waals surface area contributed by atoms with Crippen LogP contribution in [-0.4, -0.2) is 11.1 Å². The van der Waals surface area contributed by atoms with Gasteiger partial charge < -0.3 is 9.84 Å². The number of rotatable bonds is 5. The van der Waals surface area contributed by atoms with E-state index in [9.17, 15) is 9.18 Å². The summed E-state index contributed by atoms with van der Waals surface area (Å²) in [5.74, 6) is -0.754. The van der Waals surface area contributed by atoms with E-state index in [0.29, 0.717) is 28.4 Å². The Balaban J connectivity index is 1.89. The lowest BCUT2D eigenvalue weighted by atomic mass is 10.0. The number of carbonyl (C=O) groups is 1. The van der Waals surface area contributed by atoms with Crippen LogP contribution in [0.2, 0.25) is 5.02 Å². The number of aryl methyl sites for hydroxylation is 1. The molecule has 2 aromatic carbocycles. The van der Waals surface area contributed by atoms with Gasteiger partial charge in [0.1, 0.15) is 11.5 Å². The Morgan fingerprint density at radius 1 is 1.19 bits per heavy atom. The van der Waals surface area contributed by atoms with Crippen LogP contribution in [0.1, 0.15) is 35.5 Å². The van der Waals surface area contributed by atoms with Crippen molar-refractivity contribution in [3.05, 3.63) is 70.2 Å². The van der Waals surface area contributed by atoms with E-state index >= 15 is 0 Å². The highest BCUT2D eigenvalue weighted by Gasteiger charge is 2.18. The summed E-state index contributed by atoms with van der Waals surface area (Å²) in [7, 11) is 0. The maximum Gasteiger partial charge on any atom is 0.294 e. The number of nitrogens with zero attached hydrogens (tertiary/aromatic N) is 1. The van der Waals surface area contributed by atoms with E-state index in [0.717, 1.165) is 17.5 Å². The zero-order valence-corrected chi connectivity index (χ0v) is 15.2. The summed E-state index contributed by atoms with van der Waals surface area (Å²) < 4.78 is 18.5. The molecule has 1 amide bonds. The van der Waals surface area contributed by atoms with Crippen molar-refractivity contribution in [2.45, 2.75) is 26.7 Å². The molecule has 0 bridgehead atoms. The van der Waals surface area contributed by atoms with Crippen molar-refractivity contribution in [1.82, 2.24) is 5.16 Å². The van der Waals surface area contributed by atoms with Gasteiger partial charge in [-0.3, -0.25) is 4.79 Å². The fourth-order valence-corrected chi connectivity index (χ4v) is 3.10. The molecule has 6 heteroatoms. The minimum Gasteiger partial charge on any atom is -0.350 e. The van der Waals surface area contributed by atoms with E-state index in [2.05, 4.69) is 10.5 Å². The Labute approximate surface area is 156 Å². The minimum atomic E-state index is -0.424. The molecule has 3 rings (SSSR count). The molecule has 26 heavy (non-hydrogen) atoms. The molecule has 4 nitrogen and oxygen atoms in total. The lowest BCUT2D eigenvalue weighted by Gasteiger charge is -2.15. The SMILES string of the molecule is CCc1ccc(Cl)c(CC)c1NC(=O)c1cc(-c2cccc(F)c2)no1. The lowest BCUT2D eigenvalue weighted by molar-refractivity contribution is 0.0988. The zero-order chi connectivity index (χ0) is 18.7. The third kappa shape index (κ3) is 3.63. The number of nitrogens with one attached hydrogen (secondary N) is 1. The van der Waals surface area contributed by atoms with Gasteiger partial charge in [-0.15, -0.1) is 0 Å². The highest BCUT2D eigenvalue weighted by atomic mass is 35.5. The number of carbonyl (C=O) groups excluding carboxylic acids is 1. The van der Waals surface area contributed by atoms with E-state index in [1.165, 1.54) is 18.2 Å². The topological polar surface area (TPSA) is 55.1 Å². The molecule has 1 N–H and O–H groups in total. The molecule has 0 radical (unpaired) electrons. The van der Waals surface area contributed by atoms with E-state index in [-0.39, 0.29) is 11.6 Å². The molecule has 0 saturated heterocycles. The fraction of sp³-hybridized carbons (Fsp3) is 0.200. The van der Waals surface area contributed by atoms with Crippen LogP contribution in [0.5, 0.6) is 0 Å². The van der Waals surface area contributed by atoms with Crippen LogP contribution < -0.4 is 5.32 Å². The summed E-state index contributed by atoms with van der Waals surface area (Å²) in [4.78, 5) is 12.6. The average molecular weight is 373 g/mol. The summed E-state index contributed by atoms with van der Waals surface area (Å²) in [6.45, 7) is 3.99. The van der Waals surface area contributed by atoms with Crippen LogP contribution >= 0.6 is 11.6 Å². The van der Waals surface area contributed by atoms with Crippen molar-refractivity contribution in [3.63, 3.8) is 0 Å². The van der Waals surface area contributed by atoms with Gasteiger partial charge in [-0.25, -0.2) is 4.39 Å². The molecule has 0 atom stereocenters. The molecule has 1 aromatic heterocycles. The second-order valence-electron chi connectivity index (χ2n) is 5.81. The first-order chi connectivity index (χ1) is 12.5. The van der Waals surface area contributed by atoms with Crippen LogP contribution in [0.4, 0.5) is 10.1 Å². The number of amides is 1. The van der Waals surface area contributed by atoms with E-state index < -0.39 is 5.91 Å². The second kappa shape index (κ2) is 7.70. The maximum atomic E-state index is 13.4. The summed E-state index contributed by atoms with van der Waals surface area (Å²) in [5, 5.41) is 7.36. The van der Waals surface area contributed by atoms with Gasteiger partial charge in [-0.2, -0.15) is 0 Å². The molecular weight excluding hydrogens is 355 g/mol. The smallest absolute Gasteiger partial charge is 0.294 e. The Morgan fingerprint density at radius 2 is 2.00 bits per heavy atom. The first-order valence-electron chi connectivity index (χ1n) is 8.37. The molecule has 3 aromatic rings. The van der Waals surface area contributed by atoms with E-state index in [1.807, 2.05) is 26.0 Å². The van der Waals surface area contributed by atoms with Gasteiger partial charge in [-0.05, 0) is 42.2 Å². The highest BCUT2D eigenvalue weighted by molar-refractivity contribution is 6.32. The summed E-state index contributed by atoms with van der Waals surface area (Å²) >= 11 is 6.26. The van der Waals surface area contributed by atoms with E-state index in [4.69, 9.17) is 16.1 Å². The normalized spacial score (nSPS) is 10.8. The first kappa shape index (κ1) is 18.1. The van der Waals surface area contributed by atoms with Gasteiger partial charge >= 0.3 is 0 Å². The van der Waals surface area contributed by atoms with Crippen LogP contribution in [0.25, 0.3) is 11.3 Å². The van der Waals surface area contributed by atoms with Crippen molar-refractivity contribution in [2.24, 2.45) is 0 Å². The number of aromatic nitrogens is 1. The first-order valence-corrected chi connectivity index (χ1v) is 8.75. The van der Waals surface area contributed by atoms with Crippen molar-refractivity contribution >= 4 is 23.2 Å². The third-order valence-electron chi connectivity index (χ3n) is 4.17. The highest BCUT2D eigenvalue weighted by Crippen LogP contribution is 2.30. The molecule has 1 heterocycles. The Morgan fingerprint density at radius 3 is 2.69 bits per heavy atom. The van der Waals surface area contributed by atoms with Gasteiger partial charge in [0.15, 0.2) is 0 Å². The van der Waals surface area contributed by atoms with Gasteiger partial charge in [0, 0.05) is 22.3 Å². The van der Waals surface area contributed by atoms with Crippen molar-refractivity contribution in [2.75, 3.05) is 5.32 Å². The van der Waals surface area contributed by atoms with Crippen LogP contribution in [0.3, 0.4) is 0 Å². The van der Waals surface area contributed by atoms with Gasteiger partial charge in [0.25, 0.3) is 5.91 Å². The molecule has 0 aliphatic carbocycles. The molecule has 134 valence electrons. The monoisotopic (exact) mass is 372 g/mol. The summed E-state index contributed by atoms with van der Waals surface area (Å²) in [5.41, 5.74) is 3.51. The van der Waals surface area contributed by atoms with Crippen LogP contribution in [0.15, 0.2) is 47.0 Å². The van der Waals surface area contributed by atoms with Crippen molar-refractivity contribution in [3.8, 4) is 11.3 Å². The average Bonchev–Trinajstić information content (AvgIpc) is 3.12. The van der Waals surface area contributed by atoms with Gasteiger partial charge in [-0.1, -0.05) is 48.8 Å². The standard InChI is InChI=1S/C20H18ClFN2O2/c1-3-12-8-9-16(21)15(4-2)19(12)23-20(25)18-11-17(24-26-18)13-6-5-7-14(22)10-13/h5-11H,3-4H2,1-2H3,(H,23,25). The summed E-state index contributed by atoms with van der Waals surface area (Å²) in [6.07, 6.45) is 1.44. The largest absolute Gasteiger partial charge is 0.350 e. The van der Waals surface area contributed by atoms with Crippen molar-refractivity contribution in [1.29, 1.82) is 0 Å². The molecule has 0 fully saturated rings. The van der Waals surface area contributed by atoms with Crippen LogP contribution in [-0.2, 0) is 12.8 Å². The molecule has 0 spiro atoms. The van der Waals surface area contributed by atoms with Gasteiger partial charge in [0.2, 0.25) is 5.76 Å². The van der Waals surface area contributed by atoms with E-state index in [1.54, 1.807) is 12.1 Å². The van der Waals surface area contributed by atoms with Gasteiger partial charge in [0.05, 0.1) is 0 Å². The summed E-state index contributed by atoms with van der Waals surface area (Å²) in [6, 6.07) is 11.2. The maximum absolute atomic E-state index is 13.4. The number of halogens is 2. The third-order valence-corrected chi connectivity index (χ3v) is 4.52. The molecular formula is C20H18ClFN2O2. The number of anilines is 1. The number of hydrogen-bond acceptors (Lipinski definition) is 3. The molecule has 0 saturated carbocycles. The van der Waals surface area contributed by atoms with Crippen molar-refractivity contribution < 1.29 is 13.7 Å². The number of benzene rings is 2. The Kier molecular flexibility index (Phi) is 5.38. The molecule has 0 aliphatic rings. The predicted molar refractivity (Wildman–Crippen MR) is 100 cm³/mol.